The summed E-state index contributed by atoms with van der Waals surface area (Å²) in [5.41, 5.74) is -0.0525. The van der Waals surface area contributed by atoms with Gasteiger partial charge in [0.1, 0.15) is 0 Å². The zero-order chi connectivity index (χ0) is 11.5. The molecule has 0 saturated heterocycles. The van der Waals surface area contributed by atoms with Crippen molar-refractivity contribution in [3.8, 4) is 0 Å². The highest BCUT2D eigenvalue weighted by Crippen LogP contribution is 2.24. The predicted octanol–water partition coefficient (Wildman–Crippen LogP) is -0.322. The van der Waals surface area contributed by atoms with Crippen LogP contribution in [0.5, 0.6) is 0 Å². The van der Waals surface area contributed by atoms with Crippen LogP contribution in [0.15, 0.2) is 10.7 Å². The summed E-state index contributed by atoms with van der Waals surface area (Å²) in [7, 11) is 1.65. The van der Waals surface area contributed by atoms with Gasteiger partial charge in [-0.3, -0.25) is 10.2 Å². The van der Waals surface area contributed by atoms with E-state index in [0.29, 0.717) is 0 Å². The third-order valence-electron chi connectivity index (χ3n) is 3.04. The molecule has 6 heteroatoms. The zero-order valence-corrected chi connectivity index (χ0v) is 9.35. The molecule has 1 aliphatic carbocycles. The number of hydrogen-bond donors (Lipinski definition) is 1. The minimum atomic E-state index is -0.0525. The van der Waals surface area contributed by atoms with Crippen molar-refractivity contribution in [1.29, 1.82) is 5.41 Å². The Bertz CT molecular complexity index is 416. The summed E-state index contributed by atoms with van der Waals surface area (Å²) in [6.45, 7) is 0. The van der Waals surface area contributed by atoms with Crippen molar-refractivity contribution >= 4 is 5.91 Å². The SMILES string of the molecule is CN(C(=O)C1CCCCC1)[n+]1cc(=N)o[n-]1. The minimum absolute atomic E-state index is 0.0525. The van der Waals surface area contributed by atoms with Crippen LogP contribution < -0.4 is 20.6 Å². The molecule has 1 N–H and O–H groups in total. The van der Waals surface area contributed by atoms with Crippen molar-refractivity contribution in [3.05, 3.63) is 11.8 Å². The maximum Gasteiger partial charge on any atom is 0.286 e. The van der Waals surface area contributed by atoms with Gasteiger partial charge < -0.3 is 4.52 Å². The van der Waals surface area contributed by atoms with E-state index in [1.807, 2.05) is 0 Å². The number of aromatic nitrogens is 2. The minimum Gasteiger partial charge on any atom is -0.380 e. The number of carbonyl (C=O) groups is 1. The van der Waals surface area contributed by atoms with Crippen LogP contribution in [0.25, 0.3) is 0 Å². The second-order valence-electron chi connectivity index (χ2n) is 4.18. The quantitative estimate of drug-likeness (QED) is 0.699. The Kier molecular flexibility index (Phi) is 3.07. The van der Waals surface area contributed by atoms with Gasteiger partial charge in [0, 0.05) is 5.92 Å². The molecule has 1 aliphatic rings. The summed E-state index contributed by atoms with van der Waals surface area (Å²) in [4.78, 5) is 13.3. The average molecular weight is 224 g/mol. The number of rotatable bonds is 2. The van der Waals surface area contributed by atoms with Gasteiger partial charge in [0.25, 0.3) is 11.8 Å². The summed E-state index contributed by atoms with van der Waals surface area (Å²) in [6, 6.07) is 0. The van der Waals surface area contributed by atoms with Gasteiger partial charge in [0.15, 0.2) is 5.91 Å². The molecule has 0 bridgehead atoms. The molecule has 0 spiro atoms. The Morgan fingerprint density at radius 1 is 1.56 bits per heavy atom. The highest BCUT2D eigenvalue weighted by Gasteiger charge is 2.24. The lowest BCUT2D eigenvalue weighted by atomic mass is 9.88. The normalized spacial score (nSPS) is 17.3. The molecule has 0 aromatic carbocycles. The molecule has 16 heavy (non-hydrogen) atoms. The van der Waals surface area contributed by atoms with E-state index in [4.69, 9.17) is 5.41 Å². The Hall–Kier alpha value is -1.59. The Labute approximate surface area is 93.3 Å². The third-order valence-corrected chi connectivity index (χ3v) is 3.04. The molecule has 0 unspecified atom stereocenters. The first-order chi connectivity index (χ1) is 7.68. The van der Waals surface area contributed by atoms with E-state index in [2.05, 4.69) is 9.79 Å². The number of hydrogen-bond acceptors (Lipinski definition) is 3. The molecule has 1 saturated carbocycles. The first kappa shape index (κ1) is 10.9. The first-order valence-corrected chi connectivity index (χ1v) is 5.56. The van der Waals surface area contributed by atoms with Crippen LogP contribution in [0.4, 0.5) is 0 Å². The van der Waals surface area contributed by atoms with Crippen LogP contribution in [0.2, 0.25) is 0 Å². The standard InChI is InChI=1S/C10H16N4O2/c1-13(14-7-9(11)16-12-14)10(15)8-5-3-2-4-6-8/h7-8,11H,2-6H2,1H3. The number of nitrogens with one attached hydrogen (secondary N) is 1. The Morgan fingerprint density at radius 3 is 2.81 bits per heavy atom. The maximum atomic E-state index is 12.1. The van der Waals surface area contributed by atoms with Crippen LogP contribution >= 0.6 is 0 Å². The highest BCUT2D eigenvalue weighted by atomic mass is 16.5. The van der Waals surface area contributed by atoms with Crippen molar-refractivity contribution in [2.75, 3.05) is 12.1 Å². The van der Waals surface area contributed by atoms with Gasteiger partial charge in [0.05, 0.1) is 0 Å². The van der Waals surface area contributed by atoms with Crippen molar-refractivity contribution in [2.45, 2.75) is 32.1 Å². The van der Waals surface area contributed by atoms with Crippen LogP contribution in [0.1, 0.15) is 32.1 Å². The lowest BCUT2D eigenvalue weighted by Gasteiger charge is -2.25. The van der Waals surface area contributed by atoms with E-state index in [-0.39, 0.29) is 17.4 Å². The van der Waals surface area contributed by atoms with Crippen molar-refractivity contribution in [1.82, 2.24) is 5.27 Å². The fraction of sp³-hybridized carbons (Fsp3) is 0.700. The van der Waals surface area contributed by atoms with Gasteiger partial charge >= 0.3 is 0 Å². The summed E-state index contributed by atoms with van der Waals surface area (Å²) < 4.78 is 4.61. The molecule has 0 atom stereocenters. The largest absolute Gasteiger partial charge is 0.380 e. The fourth-order valence-corrected chi connectivity index (χ4v) is 2.09. The van der Waals surface area contributed by atoms with Crippen molar-refractivity contribution in [2.24, 2.45) is 5.92 Å². The molecule has 0 radical (unpaired) electrons. The Balaban J connectivity index is 2.06. The lowest BCUT2D eigenvalue weighted by Crippen LogP contribution is -2.62. The zero-order valence-electron chi connectivity index (χ0n) is 9.35. The Morgan fingerprint density at radius 2 is 2.25 bits per heavy atom. The van der Waals surface area contributed by atoms with Crippen LogP contribution in [-0.2, 0) is 4.79 Å². The van der Waals surface area contributed by atoms with Gasteiger partial charge in [-0.05, 0) is 25.2 Å². The second-order valence-corrected chi connectivity index (χ2v) is 4.18. The highest BCUT2D eigenvalue weighted by molar-refractivity contribution is 5.85. The van der Waals surface area contributed by atoms with Crippen molar-refractivity contribution < 1.29 is 14.1 Å². The van der Waals surface area contributed by atoms with E-state index in [0.717, 1.165) is 25.7 Å². The van der Waals surface area contributed by atoms with Crippen molar-refractivity contribution in [3.63, 3.8) is 0 Å². The molecule has 1 amide bonds. The maximum absolute atomic E-state index is 12.1. The molecule has 1 heterocycles. The number of carbonyl (C=O) groups excluding carboxylic acids is 1. The second kappa shape index (κ2) is 4.51. The van der Waals surface area contributed by atoms with Crippen LogP contribution in [0, 0.1) is 11.3 Å². The van der Waals surface area contributed by atoms with Crippen LogP contribution in [-0.4, -0.2) is 13.0 Å². The molecular formula is C10H16N4O2. The average Bonchev–Trinajstić information content (AvgIpc) is 2.75. The monoisotopic (exact) mass is 224 g/mol. The fourth-order valence-electron chi connectivity index (χ4n) is 2.09. The molecule has 1 aromatic heterocycles. The first-order valence-electron chi connectivity index (χ1n) is 5.56. The summed E-state index contributed by atoms with van der Waals surface area (Å²) >= 11 is 0. The molecule has 2 rings (SSSR count). The molecule has 88 valence electrons. The van der Waals surface area contributed by atoms with E-state index >= 15 is 0 Å². The van der Waals surface area contributed by atoms with Gasteiger partial charge in [-0.15, -0.1) is 0 Å². The van der Waals surface area contributed by atoms with E-state index in [1.54, 1.807) is 7.05 Å². The summed E-state index contributed by atoms with van der Waals surface area (Å²) in [6.07, 6.45) is 6.75. The lowest BCUT2D eigenvalue weighted by molar-refractivity contribution is -0.752. The van der Waals surface area contributed by atoms with Gasteiger partial charge in [0.2, 0.25) is 0 Å². The summed E-state index contributed by atoms with van der Waals surface area (Å²) in [5, 5.41) is 12.2. The number of amides is 1. The van der Waals surface area contributed by atoms with Gasteiger partial charge in [-0.25, -0.2) is 5.01 Å². The van der Waals surface area contributed by atoms with Crippen LogP contribution in [0.3, 0.4) is 0 Å². The molecule has 0 aliphatic heterocycles. The van der Waals surface area contributed by atoms with Gasteiger partial charge in [-0.1, -0.05) is 24.1 Å². The van der Waals surface area contributed by atoms with Gasteiger partial charge in [-0.2, -0.15) is 0 Å². The van der Waals surface area contributed by atoms with E-state index in [9.17, 15) is 4.79 Å². The number of nitrogens with zero attached hydrogens (tertiary/aromatic N) is 3. The van der Waals surface area contributed by atoms with E-state index in [1.165, 1.54) is 22.4 Å². The molecular weight excluding hydrogens is 208 g/mol. The summed E-state index contributed by atoms with van der Waals surface area (Å²) in [5.74, 6) is 0.148. The van der Waals surface area contributed by atoms with E-state index < -0.39 is 0 Å². The molecule has 1 aromatic rings. The predicted molar refractivity (Wildman–Crippen MR) is 53.8 cm³/mol. The topological polar surface area (TPSA) is 75.3 Å². The smallest absolute Gasteiger partial charge is 0.286 e. The third kappa shape index (κ3) is 2.15. The molecule has 1 fully saturated rings. The molecule has 6 nitrogen and oxygen atoms in total.